The number of aromatic nitrogens is 2. The lowest BCUT2D eigenvalue weighted by Crippen LogP contribution is -2.23. The average Bonchev–Trinajstić information content (AvgIpc) is 2.78. The number of carbonyl (C=O) groups excluding carboxylic acids is 1. The number of H-pyrrole nitrogens is 1. The van der Waals surface area contributed by atoms with E-state index in [1.807, 2.05) is 37.3 Å². The van der Waals surface area contributed by atoms with E-state index in [9.17, 15) is 4.79 Å². The van der Waals surface area contributed by atoms with Crippen molar-refractivity contribution in [3.63, 3.8) is 0 Å². The highest BCUT2D eigenvalue weighted by Crippen LogP contribution is 2.21. The Morgan fingerprint density at radius 2 is 2.05 bits per heavy atom. The Morgan fingerprint density at radius 3 is 2.68 bits per heavy atom. The van der Waals surface area contributed by atoms with Gasteiger partial charge in [-0.25, -0.2) is 4.98 Å². The van der Waals surface area contributed by atoms with E-state index in [1.165, 1.54) is 0 Å². The fourth-order valence-electron chi connectivity index (χ4n) is 1.82. The molecule has 98 valence electrons. The van der Waals surface area contributed by atoms with Gasteiger partial charge in [-0.3, -0.25) is 4.79 Å². The van der Waals surface area contributed by atoms with Crippen molar-refractivity contribution in [2.45, 2.75) is 20.4 Å². The summed E-state index contributed by atoms with van der Waals surface area (Å²) in [6.07, 6.45) is 0. The summed E-state index contributed by atoms with van der Waals surface area (Å²) in [5, 5.41) is 2.81. The van der Waals surface area contributed by atoms with Gasteiger partial charge in [-0.05, 0) is 13.8 Å². The predicted octanol–water partition coefficient (Wildman–Crippen LogP) is 2.58. The van der Waals surface area contributed by atoms with E-state index in [4.69, 9.17) is 0 Å². The van der Waals surface area contributed by atoms with Gasteiger partial charge in [-0.1, -0.05) is 36.9 Å². The molecule has 2 aromatic rings. The fourth-order valence-corrected chi connectivity index (χ4v) is 1.82. The predicted molar refractivity (Wildman–Crippen MR) is 75.4 cm³/mol. The maximum atomic E-state index is 11.5. The molecule has 1 heterocycles. The SMILES string of the molecule is C=C(C)C(=O)NCc1[nH]c(C)nc1-c1ccccc1. The lowest BCUT2D eigenvalue weighted by molar-refractivity contribution is -0.117. The number of imidazole rings is 1. The van der Waals surface area contributed by atoms with E-state index in [0.29, 0.717) is 12.1 Å². The number of hydrogen-bond donors (Lipinski definition) is 2. The number of benzene rings is 1. The Hall–Kier alpha value is -2.36. The molecule has 4 heteroatoms. The topological polar surface area (TPSA) is 57.8 Å². The minimum atomic E-state index is -0.147. The molecular formula is C15H17N3O. The monoisotopic (exact) mass is 255 g/mol. The lowest BCUT2D eigenvalue weighted by Gasteiger charge is -2.05. The summed E-state index contributed by atoms with van der Waals surface area (Å²) in [7, 11) is 0. The molecule has 0 aliphatic heterocycles. The van der Waals surface area contributed by atoms with E-state index in [2.05, 4.69) is 21.9 Å². The zero-order chi connectivity index (χ0) is 13.8. The molecular weight excluding hydrogens is 238 g/mol. The largest absolute Gasteiger partial charge is 0.347 e. The number of nitrogens with zero attached hydrogens (tertiary/aromatic N) is 1. The molecule has 0 atom stereocenters. The highest BCUT2D eigenvalue weighted by atomic mass is 16.1. The minimum absolute atomic E-state index is 0.147. The van der Waals surface area contributed by atoms with Crippen LogP contribution in [0.2, 0.25) is 0 Å². The van der Waals surface area contributed by atoms with Crippen LogP contribution in [0.5, 0.6) is 0 Å². The molecule has 0 unspecified atom stereocenters. The van der Waals surface area contributed by atoms with Crippen molar-refractivity contribution in [2.75, 3.05) is 0 Å². The van der Waals surface area contributed by atoms with Crippen LogP contribution in [-0.2, 0) is 11.3 Å². The summed E-state index contributed by atoms with van der Waals surface area (Å²) >= 11 is 0. The molecule has 0 saturated carbocycles. The fraction of sp³-hybridized carbons (Fsp3) is 0.200. The summed E-state index contributed by atoms with van der Waals surface area (Å²) in [5.41, 5.74) is 3.31. The molecule has 0 aliphatic carbocycles. The van der Waals surface area contributed by atoms with E-state index in [0.717, 1.165) is 22.8 Å². The first kappa shape index (κ1) is 13.1. The van der Waals surface area contributed by atoms with Crippen molar-refractivity contribution in [3.05, 3.63) is 54.0 Å². The number of carbonyl (C=O) groups is 1. The van der Waals surface area contributed by atoms with Crippen LogP contribution < -0.4 is 5.32 Å². The Balaban J connectivity index is 2.22. The lowest BCUT2D eigenvalue weighted by atomic mass is 10.1. The molecule has 0 spiro atoms. The van der Waals surface area contributed by atoms with Crippen LogP contribution in [0.3, 0.4) is 0 Å². The minimum Gasteiger partial charge on any atom is -0.347 e. The van der Waals surface area contributed by atoms with E-state index in [1.54, 1.807) is 6.92 Å². The van der Waals surface area contributed by atoms with Gasteiger partial charge >= 0.3 is 0 Å². The van der Waals surface area contributed by atoms with E-state index >= 15 is 0 Å². The van der Waals surface area contributed by atoms with Gasteiger partial charge in [0.1, 0.15) is 5.82 Å². The first-order valence-corrected chi connectivity index (χ1v) is 6.12. The molecule has 2 rings (SSSR count). The summed E-state index contributed by atoms with van der Waals surface area (Å²) in [6, 6.07) is 9.90. The number of hydrogen-bond acceptors (Lipinski definition) is 2. The van der Waals surface area contributed by atoms with E-state index < -0.39 is 0 Å². The third-order valence-corrected chi connectivity index (χ3v) is 2.76. The van der Waals surface area contributed by atoms with Crippen LogP contribution in [0.1, 0.15) is 18.4 Å². The third kappa shape index (κ3) is 3.10. The van der Waals surface area contributed by atoms with Gasteiger partial charge in [0.05, 0.1) is 17.9 Å². The van der Waals surface area contributed by atoms with E-state index in [-0.39, 0.29) is 5.91 Å². The summed E-state index contributed by atoms with van der Waals surface area (Å²) < 4.78 is 0. The maximum Gasteiger partial charge on any atom is 0.246 e. The first-order chi connectivity index (χ1) is 9.08. The quantitative estimate of drug-likeness (QED) is 0.825. The summed E-state index contributed by atoms with van der Waals surface area (Å²) in [4.78, 5) is 19.2. The second kappa shape index (κ2) is 5.52. The van der Waals surface area contributed by atoms with Gasteiger partial charge in [0.25, 0.3) is 0 Å². The molecule has 19 heavy (non-hydrogen) atoms. The Bertz CT molecular complexity index is 599. The second-order valence-electron chi connectivity index (χ2n) is 4.48. The molecule has 1 aromatic heterocycles. The normalized spacial score (nSPS) is 10.2. The molecule has 1 aromatic carbocycles. The summed E-state index contributed by atoms with van der Waals surface area (Å²) in [6.45, 7) is 7.61. The highest BCUT2D eigenvalue weighted by molar-refractivity contribution is 5.92. The van der Waals surface area contributed by atoms with Crippen LogP contribution >= 0.6 is 0 Å². The van der Waals surface area contributed by atoms with Crippen LogP contribution in [0.15, 0.2) is 42.5 Å². The van der Waals surface area contributed by atoms with Crippen molar-refractivity contribution in [3.8, 4) is 11.3 Å². The average molecular weight is 255 g/mol. The van der Waals surface area contributed by atoms with Crippen molar-refractivity contribution in [1.29, 1.82) is 0 Å². The van der Waals surface area contributed by atoms with Crippen molar-refractivity contribution in [1.82, 2.24) is 15.3 Å². The van der Waals surface area contributed by atoms with Crippen LogP contribution in [-0.4, -0.2) is 15.9 Å². The van der Waals surface area contributed by atoms with Gasteiger partial charge in [0.2, 0.25) is 5.91 Å². The van der Waals surface area contributed by atoms with Crippen LogP contribution in [0, 0.1) is 6.92 Å². The smallest absolute Gasteiger partial charge is 0.246 e. The van der Waals surface area contributed by atoms with Gasteiger partial charge in [0.15, 0.2) is 0 Å². The first-order valence-electron chi connectivity index (χ1n) is 6.12. The zero-order valence-electron chi connectivity index (χ0n) is 11.2. The number of aromatic amines is 1. The molecule has 4 nitrogen and oxygen atoms in total. The van der Waals surface area contributed by atoms with Gasteiger partial charge in [-0.2, -0.15) is 0 Å². The van der Waals surface area contributed by atoms with Crippen molar-refractivity contribution >= 4 is 5.91 Å². The molecule has 0 saturated heterocycles. The van der Waals surface area contributed by atoms with Crippen molar-refractivity contribution < 1.29 is 4.79 Å². The molecule has 1 amide bonds. The Labute approximate surface area is 112 Å². The molecule has 0 radical (unpaired) electrons. The van der Waals surface area contributed by atoms with Crippen LogP contribution in [0.4, 0.5) is 0 Å². The highest BCUT2D eigenvalue weighted by Gasteiger charge is 2.11. The Kier molecular flexibility index (Phi) is 3.80. The number of rotatable bonds is 4. The van der Waals surface area contributed by atoms with Gasteiger partial charge < -0.3 is 10.3 Å². The third-order valence-electron chi connectivity index (χ3n) is 2.76. The molecule has 2 N–H and O–H groups in total. The molecule has 0 fully saturated rings. The molecule has 0 aliphatic rings. The summed E-state index contributed by atoms with van der Waals surface area (Å²) in [5.74, 6) is 0.685. The zero-order valence-corrected chi connectivity index (χ0v) is 11.2. The second-order valence-corrected chi connectivity index (χ2v) is 4.48. The standard InChI is InChI=1S/C15H17N3O/c1-10(2)15(19)16-9-13-14(18-11(3)17-13)12-7-5-4-6-8-12/h4-8H,1,9H2,2-3H3,(H,16,19)(H,17,18). The number of aryl methyl sites for hydroxylation is 1. The number of nitrogens with one attached hydrogen (secondary N) is 2. The molecule has 0 bridgehead atoms. The van der Waals surface area contributed by atoms with Gasteiger partial charge in [-0.15, -0.1) is 0 Å². The number of amides is 1. The van der Waals surface area contributed by atoms with Gasteiger partial charge in [0, 0.05) is 11.1 Å². The maximum absolute atomic E-state index is 11.5. The van der Waals surface area contributed by atoms with Crippen LogP contribution in [0.25, 0.3) is 11.3 Å². The van der Waals surface area contributed by atoms with Crippen molar-refractivity contribution in [2.24, 2.45) is 0 Å². The Morgan fingerprint density at radius 1 is 1.37 bits per heavy atom.